The zero-order valence-corrected chi connectivity index (χ0v) is 19.1. The number of hydrogen-bond donors (Lipinski definition) is 0. The molecule has 0 aliphatic carbocycles. The van der Waals surface area contributed by atoms with Crippen molar-refractivity contribution in [2.45, 2.75) is 13.0 Å². The van der Waals surface area contributed by atoms with Gasteiger partial charge >= 0.3 is 0 Å². The molecule has 6 nitrogen and oxygen atoms in total. The minimum absolute atomic E-state index is 0.0797. The summed E-state index contributed by atoms with van der Waals surface area (Å²) < 4.78 is 18.2. The number of methoxy groups -OCH3 is 2. The van der Waals surface area contributed by atoms with Gasteiger partial charge in [0.2, 0.25) is 0 Å². The molecule has 2 aromatic carbocycles. The van der Waals surface area contributed by atoms with E-state index < -0.39 is 0 Å². The maximum atomic E-state index is 13.3. The minimum Gasteiger partial charge on any atom is -0.493 e. The Kier molecular flexibility index (Phi) is 6.42. The van der Waals surface area contributed by atoms with Crippen molar-refractivity contribution < 1.29 is 18.7 Å². The van der Waals surface area contributed by atoms with Crippen molar-refractivity contribution in [3.63, 3.8) is 0 Å². The zero-order valence-electron chi connectivity index (χ0n) is 18.3. The Morgan fingerprint density at radius 3 is 2.59 bits per heavy atom. The number of likely N-dealkylation sites (N-methyl/N-ethyl adjacent to an activating group) is 1. The van der Waals surface area contributed by atoms with Crippen LogP contribution in [0, 0.1) is 0 Å². The molecule has 0 radical (unpaired) electrons. The van der Waals surface area contributed by atoms with E-state index >= 15 is 0 Å². The van der Waals surface area contributed by atoms with Crippen LogP contribution in [0.4, 0.5) is 0 Å². The Bertz CT molecular complexity index is 1240. The number of amides is 1. The second-order valence-electron chi connectivity index (χ2n) is 7.54. The van der Waals surface area contributed by atoms with Gasteiger partial charge in [-0.2, -0.15) is 0 Å². The van der Waals surface area contributed by atoms with E-state index in [-0.39, 0.29) is 5.91 Å². The molecule has 0 N–H and O–H groups in total. The molecular weight excluding hydrogens is 428 g/mol. The molecule has 1 amide bonds. The Balaban J connectivity index is 1.54. The van der Waals surface area contributed by atoms with E-state index in [0.29, 0.717) is 47.3 Å². The molecule has 7 heteroatoms. The molecule has 32 heavy (non-hydrogen) atoms. The topological polar surface area (TPSA) is 56.8 Å². The van der Waals surface area contributed by atoms with Crippen LogP contribution >= 0.6 is 11.6 Å². The second kappa shape index (κ2) is 9.40. The van der Waals surface area contributed by atoms with E-state index in [9.17, 15) is 4.79 Å². The summed E-state index contributed by atoms with van der Waals surface area (Å²) in [6, 6.07) is 17.1. The van der Waals surface area contributed by atoms with E-state index in [1.165, 1.54) is 0 Å². The van der Waals surface area contributed by atoms with Crippen LogP contribution in [-0.2, 0) is 13.0 Å². The fraction of sp³-hybridized carbons (Fsp3) is 0.240. The van der Waals surface area contributed by atoms with Crippen LogP contribution in [-0.4, -0.2) is 43.2 Å². The van der Waals surface area contributed by atoms with Crippen molar-refractivity contribution in [1.82, 2.24) is 9.47 Å². The van der Waals surface area contributed by atoms with Crippen molar-refractivity contribution in [2.75, 3.05) is 27.8 Å². The molecule has 0 aliphatic heterocycles. The maximum Gasteiger partial charge on any atom is 0.270 e. The SMILES string of the molecule is COc1ccc(CCN(C)C(=O)c2cc3occc3n2Cc2ccccc2Cl)cc1OC. The maximum absolute atomic E-state index is 13.3. The summed E-state index contributed by atoms with van der Waals surface area (Å²) in [5.41, 5.74) is 4.10. The third-order valence-electron chi connectivity index (χ3n) is 5.56. The summed E-state index contributed by atoms with van der Waals surface area (Å²) in [6.45, 7) is 1.03. The lowest BCUT2D eigenvalue weighted by Crippen LogP contribution is -2.30. The van der Waals surface area contributed by atoms with Gasteiger partial charge in [-0.1, -0.05) is 35.9 Å². The Morgan fingerprint density at radius 1 is 1.06 bits per heavy atom. The first-order valence-corrected chi connectivity index (χ1v) is 10.7. The second-order valence-corrected chi connectivity index (χ2v) is 7.95. The number of nitrogens with zero attached hydrogens (tertiary/aromatic N) is 2. The van der Waals surface area contributed by atoms with Crippen molar-refractivity contribution in [3.8, 4) is 11.5 Å². The first-order chi connectivity index (χ1) is 15.5. The van der Waals surface area contributed by atoms with E-state index in [4.69, 9.17) is 25.5 Å². The fourth-order valence-corrected chi connectivity index (χ4v) is 3.95. The number of hydrogen-bond acceptors (Lipinski definition) is 4. The van der Waals surface area contributed by atoms with Gasteiger partial charge in [0.25, 0.3) is 5.91 Å². The number of rotatable bonds is 8. The number of carbonyl (C=O) groups is 1. The highest BCUT2D eigenvalue weighted by Crippen LogP contribution is 2.28. The quantitative estimate of drug-likeness (QED) is 0.365. The number of ether oxygens (including phenoxy) is 2. The largest absolute Gasteiger partial charge is 0.493 e. The van der Waals surface area contributed by atoms with Crippen LogP contribution in [0.1, 0.15) is 21.6 Å². The summed E-state index contributed by atoms with van der Waals surface area (Å²) >= 11 is 6.37. The third kappa shape index (κ3) is 4.32. The predicted octanol–water partition coefficient (Wildman–Crippen LogP) is 5.27. The van der Waals surface area contributed by atoms with Gasteiger partial charge in [0, 0.05) is 37.3 Å². The molecule has 2 heterocycles. The smallest absolute Gasteiger partial charge is 0.270 e. The van der Waals surface area contributed by atoms with Crippen LogP contribution in [0.3, 0.4) is 0 Å². The van der Waals surface area contributed by atoms with Crippen LogP contribution in [0.2, 0.25) is 5.02 Å². The highest BCUT2D eigenvalue weighted by Gasteiger charge is 2.21. The van der Waals surface area contributed by atoms with Crippen molar-refractivity contribution in [2.24, 2.45) is 0 Å². The average Bonchev–Trinajstić information content (AvgIpc) is 3.40. The molecule has 166 valence electrons. The van der Waals surface area contributed by atoms with Crippen LogP contribution < -0.4 is 9.47 Å². The summed E-state index contributed by atoms with van der Waals surface area (Å²) in [5.74, 6) is 1.28. The van der Waals surface area contributed by atoms with E-state index in [1.807, 2.05) is 53.1 Å². The molecule has 0 atom stereocenters. The minimum atomic E-state index is -0.0797. The molecule has 4 rings (SSSR count). The van der Waals surface area contributed by atoms with E-state index in [0.717, 1.165) is 16.6 Å². The van der Waals surface area contributed by atoms with E-state index in [1.54, 1.807) is 38.5 Å². The molecule has 0 bridgehead atoms. The standard InChI is InChI=1S/C25H25ClN2O4/c1-27(12-10-17-8-9-22(30-2)24(14-17)31-3)25(29)21-15-23-20(11-13-32-23)28(21)16-18-6-4-5-7-19(18)26/h4-9,11,13-15H,10,12,16H2,1-3H3. The van der Waals surface area contributed by atoms with Gasteiger partial charge in [0.05, 0.1) is 26.0 Å². The molecule has 0 aliphatic rings. The normalized spacial score (nSPS) is 11.0. The lowest BCUT2D eigenvalue weighted by atomic mass is 10.1. The first kappa shape index (κ1) is 21.8. The Morgan fingerprint density at radius 2 is 1.84 bits per heavy atom. The van der Waals surface area contributed by atoms with Gasteiger partial charge in [0.15, 0.2) is 17.1 Å². The number of aromatic nitrogens is 1. The summed E-state index contributed by atoms with van der Waals surface area (Å²) in [5, 5.41) is 0.665. The molecule has 2 aromatic heterocycles. The first-order valence-electron chi connectivity index (χ1n) is 10.3. The number of halogens is 1. The molecular formula is C25H25ClN2O4. The van der Waals surface area contributed by atoms with Gasteiger partial charge in [-0.3, -0.25) is 4.79 Å². The van der Waals surface area contributed by atoms with Crippen LogP contribution in [0.15, 0.2) is 65.3 Å². The van der Waals surface area contributed by atoms with Gasteiger partial charge in [-0.15, -0.1) is 0 Å². The Hall–Kier alpha value is -3.38. The highest BCUT2D eigenvalue weighted by molar-refractivity contribution is 6.31. The molecule has 4 aromatic rings. The van der Waals surface area contributed by atoms with E-state index in [2.05, 4.69) is 0 Å². The molecule has 0 unspecified atom stereocenters. The van der Waals surface area contributed by atoms with Crippen LogP contribution in [0.5, 0.6) is 11.5 Å². The number of benzene rings is 2. The summed E-state index contributed by atoms with van der Waals surface area (Å²) in [6.07, 6.45) is 2.31. The van der Waals surface area contributed by atoms with Crippen molar-refractivity contribution in [1.29, 1.82) is 0 Å². The fourth-order valence-electron chi connectivity index (χ4n) is 3.75. The zero-order chi connectivity index (χ0) is 22.7. The average molecular weight is 453 g/mol. The monoisotopic (exact) mass is 452 g/mol. The number of furan rings is 1. The van der Waals surface area contributed by atoms with Crippen molar-refractivity contribution in [3.05, 3.63) is 82.7 Å². The molecule has 0 saturated heterocycles. The molecule has 0 spiro atoms. The Labute approximate surface area is 191 Å². The van der Waals surface area contributed by atoms with Gasteiger partial charge in [-0.05, 0) is 35.7 Å². The lowest BCUT2D eigenvalue weighted by molar-refractivity contribution is 0.0787. The van der Waals surface area contributed by atoms with Crippen molar-refractivity contribution >= 4 is 28.6 Å². The highest BCUT2D eigenvalue weighted by atomic mass is 35.5. The number of fused-ring (bicyclic) bond motifs is 1. The predicted molar refractivity (Wildman–Crippen MR) is 125 cm³/mol. The van der Waals surface area contributed by atoms with Crippen LogP contribution in [0.25, 0.3) is 11.1 Å². The summed E-state index contributed by atoms with van der Waals surface area (Å²) in [4.78, 5) is 15.1. The number of carbonyl (C=O) groups excluding carboxylic acids is 1. The summed E-state index contributed by atoms with van der Waals surface area (Å²) in [7, 11) is 5.02. The van der Waals surface area contributed by atoms with Gasteiger partial charge < -0.3 is 23.4 Å². The lowest BCUT2D eigenvalue weighted by Gasteiger charge is -2.19. The third-order valence-corrected chi connectivity index (χ3v) is 5.93. The van der Waals surface area contributed by atoms with Gasteiger partial charge in [-0.25, -0.2) is 0 Å². The molecule has 0 fully saturated rings. The van der Waals surface area contributed by atoms with Gasteiger partial charge in [0.1, 0.15) is 5.69 Å². The molecule has 0 saturated carbocycles.